The lowest BCUT2D eigenvalue weighted by Crippen LogP contribution is -2.67. The molecule has 2 saturated heterocycles. The van der Waals surface area contributed by atoms with Gasteiger partial charge in [-0.1, -0.05) is 5.57 Å². The van der Waals surface area contributed by atoms with Crippen LogP contribution in [0.15, 0.2) is 21.4 Å². The number of rotatable bonds is 10. The van der Waals surface area contributed by atoms with Gasteiger partial charge in [-0.15, -0.1) is 0 Å². The lowest BCUT2D eigenvalue weighted by Gasteiger charge is -2.46. The predicted octanol–water partition coefficient (Wildman–Crippen LogP) is -6.01. The third kappa shape index (κ3) is 5.99. The SMILES string of the molecule is COC(=O)C1N=NC(C(=O)OC)C2C3CC(=C(CO[C@@H]4OC(CO)[C@H](O)C(O)(O)C4O)C3CO[C@@H]3OC(CO)[C@H](O)C(O)(O)C3O)C12. The molecule has 14 atom stereocenters. The van der Waals surface area contributed by atoms with Gasteiger partial charge < -0.3 is 79.5 Å². The normalized spacial score (nSPS) is 43.5. The van der Waals surface area contributed by atoms with E-state index in [2.05, 4.69) is 10.2 Å². The van der Waals surface area contributed by atoms with Crippen molar-refractivity contribution in [3.8, 4) is 0 Å². The largest absolute Gasteiger partial charge is 0.467 e. The predicted molar refractivity (Wildman–Crippen MR) is 144 cm³/mol. The summed E-state index contributed by atoms with van der Waals surface area (Å²) in [4.78, 5) is 25.6. The van der Waals surface area contributed by atoms with E-state index in [1.807, 2.05) is 0 Å². The second-order valence-corrected chi connectivity index (χ2v) is 12.2. The number of fused-ring (bicyclic) bond motifs is 5. The van der Waals surface area contributed by atoms with Crippen LogP contribution in [0.3, 0.4) is 0 Å². The Kier molecular flexibility index (Phi) is 10.4. The van der Waals surface area contributed by atoms with Crippen LogP contribution < -0.4 is 0 Å². The third-order valence-corrected chi connectivity index (χ3v) is 9.83. The van der Waals surface area contributed by atoms with E-state index in [1.54, 1.807) is 0 Å². The van der Waals surface area contributed by atoms with Gasteiger partial charge in [0.15, 0.2) is 36.9 Å². The van der Waals surface area contributed by atoms with Gasteiger partial charge in [-0.25, -0.2) is 9.59 Å². The number of nitrogens with zero attached hydrogens (tertiary/aromatic N) is 2. The summed E-state index contributed by atoms with van der Waals surface area (Å²) < 4.78 is 32.1. The molecular weight excluding hydrogens is 640 g/mol. The van der Waals surface area contributed by atoms with Gasteiger partial charge in [-0.3, -0.25) is 0 Å². The summed E-state index contributed by atoms with van der Waals surface area (Å²) in [5.74, 6) is -10.5. The summed E-state index contributed by atoms with van der Waals surface area (Å²) in [6.07, 6.45) is -15.0. The summed E-state index contributed by atoms with van der Waals surface area (Å²) in [6.45, 7) is -2.52. The van der Waals surface area contributed by atoms with Crippen LogP contribution in [0.1, 0.15) is 6.42 Å². The van der Waals surface area contributed by atoms with Crippen molar-refractivity contribution in [2.75, 3.05) is 40.6 Å². The summed E-state index contributed by atoms with van der Waals surface area (Å²) in [5.41, 5.74) is 0.977. The molecular formula is C27H40N2O18. The van der Waals surface area contributed by atoms with E-state index in [0.29, 0.717) is 11.1 Å². The lowest BCUT2D eigenvalue weighted by molar-refractivity contribution is -0.389. The Labute approximate surface area is 266 Å². The zero-order valence-corrected chi connectivity index (χ0v) is 25.3. The van der Waals surface area contributed by atoms with Gasteiger partial charge in [0.05, 0.1) is 40.6 Å². The van der Waals surface area contributed by atoms with Crippen molar-refractivity contribution in [1.29, 1.82) is 0 Å². The minimum absolute atomic E-state index is 0.236. The molecule has 1 saturated carbocycles. The van der Waals surface area contributed by atoms with Crippen LogP contribution in [0.2, 0.25) is 0 Å². The first-order valence-electron chi connectivity index (χ1n) is 14.8. The number of azo groups is 1. The van der Waals surface area contributed by atoms with Crippen LogP contribution in [0, 0.1) is 23.7 Å². The highest BCUT2D eigenvalue weighted by Crippen LogP contribution is 2.59. The first-order chi connectivity index (χ1) is 22.1. The highest BCUT2D eigenvalue weighted by molar-refractivity contribution is 5.80. The molecule has 10 N–H and O–H groups in total. The van der Waals surface area contributed by atoms with E-state index in [0.717, 1.165) is 14.2 Å². The highest BCUT2D eigenvalue weighted by Gasteiger charge is 2.62. The number of esters is 2. The van der Waals surface area contributed by atoms with Crippen LogP contribution in [0.4, 0.5) is 0 Å². The van der Waals surface area contributed by atoms with Crippen molar-refractivity contribution in [1.82, 2.24) is 0 Å². The average Bonchev–Trinajstić information content (AvgIpc) is 3.62. The van der Waals surface area contributed by atoms with E-state index in [4.69, 9.17) is 28.4 Å². The van der Waals surface area contributed by atoms with Crippen molar-refractivity contribution < 1.29 is 89.1 Å². The smallest absolute Gasteiger partial charge is 0.333 e. The number of hydrogen-bond acceptors (Lipinski definition) is 20. The number of aliphatic hydroxyl groups excluding tert-OH is 6. The molecule has 20 nitrogen and oxygen atoms in total. The van der Waals surface area contributed by atoms with E-state index >= 15 is 0 Å². The fourth-order valence-electron chi connectivity index (χ4n) is 7.32. The third-order valence-electron chi connectivity index (χ3n) is 9.83. The summed E-state index contributed by atoms with van der Waals surface area (Å²) in [6, 6.07) is -2.32. The van der Waals surface area contributed by atoms with Crippen molar-refractivity contribution in [3.05, 3.63) is 11.1 Å². The minimum atomic E-state index is -3.13. The maximum absolute atomic E-state index is 12.8. The second kappa shape index (κ2) is 13.6. The molecule has 3 fully saturated rings. The molecule has 0 amide bonds. The molecule has 2 bridgehead atoms. The van der Waals surface area contributed by atoms with E-state index in [-0.39, 0.29) is 13.0 Å². The Morgan fingerprint density at radius 2 is 1.28 bits per heavy atom. The van der Waals surface area contributed by atoms with Crippen molar-refractivity contribution in [2.45, 2.75) is 79.3 Å². The maximum atomic E-state index is 12.8. The van der Waals surface area contributed by atoms with E-state index < -0.39 is 128 Å². The molecule has 10 unspecified atom stereocenters. The summed E-state index contributed by atoms with van der Waals surface area (Å²) in [7, 11) is 2.31. The lowest BCUT2D eigenvalue weighted by atomic mass is 9.68. The molecule has 0 aromatic heterocycles. The topological polar surface area (TPSA) is 317 Å². The Morgan fingerprint density at radius 1 is 0.787 bits per heavy atom. The maximum Gasteiger partial charge on any atom is 0.333 e. The Bertz CT molecular complexity index is 1240. The van der Waals surface area contributed by atoms with Crippen LogP contribution in [-0.2, 0) is 38.0 Å². The molecule has 0 spiro atoms. The number of aliphatic hydroxyl groups is 10. The van der Waals surface area contributed by atoms with E-state index in [1.165, 1.54) is 0 Å². The summed E-state index contributed by atoms with van der Waals surface area (Å²) >= 11 is 0. The van der Waals surface area contributed by atoms with Gasteiger partial charge in [-0.05, 0) is 17.9 Å². The molecule has 0 aromatic rings. The minimum Gasteiger partial charge on any atom is -0.467 e. The number of methoxy groups -OCH3 is 2. The quantitative estimate of drug-likeness (QED) is 0.0583. The molecule has 3 aliphatic heterocycles. The van der Waals surface area contributed by atoms with Gasteiger partial charge in [-0.2, -0.15) is 10.2 Å². The number of ether oxygens (including phenoxy) is 6. The van der Waals surface area contributed by atoms with Crippen LogP contribution in [-0.4, -0.2) is 177 Å². The molecule has 5 aliphatic rings. The van der Waals surface area contributed by atoms with Crippen molar-refractivity contribution in [3.63, 3.8) is 0 Å². The fourth-order valence-corrected chi connectivity index (χ4v) is 7.32. The van der Waals surface area contributed by atoms with Crippen molar-refractivity contribution in [2.24, 2.45) is 33.9 Å². The van der Waals surface area contributed by atoms with Crippen LogP contribution >= 0.6 is 0 Å². The van der Waals surface area contributed by atoms with Gasteiger partial charge in [0, 0.05) is 17.8 Å². The number of carbonyl (C=O) groups excluding carboxylic acids is 2. The molecule has 0 radical (unpaired) electrons. The Hall–Kier alpha value is -2.28. The summed E-state index contributed by atoms with van der Waals surface area (Å²) in [5, 5.41) is 110. The Morgan fingerprint density at radius 3 is 1.79 bits per heavy atom. The van der Waals surface area contributed by atoms with Gasteiger partial charge in [0.25, 0.3) is 0 Å². The standard InChI is InChI=1S/C27H40N2O18/c1-42-22(36)16-14-8-3-9(15(14)17(29-28-16)23(37)43-2)11(7-45-25-21(35)27(40,41)19(33)13(5-31)47-25)10(8)6-44-24-20(34)26(38,39)18(32)12(4-30)46-24/h8,10,12-21,24-25,30-35,38-41H,3-7H2,1-2H3/t8?,10?,12?,13?,14?,15?,16?,17?,18-,19-,20?,21?,24+,25+/m0/s1. The van der Waals surface area contributed by atoms with E-state index in [9.17, 15) is 60.7 Å². The first kappa shape index (κ1) is 36.0. The average molecular weight is 681 g/mol. The van der Waals surface area contributed by atoms with Crippen molar-refractivity contribution >= 4 is 11.9 Å². The first-order valence-corrected chi connectivity index (χ1v) is 14.8. The Balaban J connectivity index is 1.47. The molecule has 20 heteroatoms. The zero-order chi connectivity index (χ0) is 34.6. The second-order valence-electron chi connectivity index (χ2n) is 12.2. The molecule has 5 rings (SSSR count). The number of carbonyl (C=O) groups is 2. The van der Waals surface area contributed by atoms with Gasteiger partial charge >= 0.3 is 11.9 Å². The molecule has 47 heavy (non-hydrogen) atoms. The van der Waals surface area contributed by atoms with Crippen LogP contribution in [0.5, 0.6) is 0 Å². The fraction of sp³-hybridized carbons (Fsp3) is 0.852. The van der Waals surface area contributed by atoms with Crippen LogP contribution in [0.25, 0.3) is 0 Å². The van der Waals surface area contributed by atoms with Gasteiger partial charge in [0.1, 0.15) is 24.4 Å². The highest BCUT2D eigenvalue weighted by atomic mass is 16.7. The molecule has 266 valence electrons. The number of hydrogen-bond donors (Lipinski definition) is 10. The molecule has 2 aliphatic carbocycles. The molecule has 0 aromatic carbocycles. The monoisotopic (exact) mass is 680 g/mol. The zero-order valence-electron chi connectivity index (χ0n) is 25.3. The molecule has 3 heterocycles. The van der Waals surface area contributed by atoms with Gasteiger partial charge in [0.2, 0.25) is 11.6 Å².